The summed E-state index contributed by atoms with van der Waals surface area (Å²) in [5, 5.41) is 3.77. The number of nitrogens with zero attached hydrogens (tertiary/aromatic N) is 1. The zero-order valence-corrected chi connectivity index (χ0v) is 10.7. The van der Waals surface area contributed by atoms with E-state index in [9.17, 15) is 0 Å². The van der Waals surface area contributed by atoms with Crippen molar-refractivity contribution in [2.24, 2.45) is 5.92 Å². The topological polar surface area (TPSA) is 15.3 Å². The number of hydrogen-bond acceptors (Lipinski definition) is 2. The molecule has 1 saturated carbocycles. The minimum Gasteiger partial charge on any atom is -0.311 e. The third-order valence-electron chi connectivity index (χ3n) is 5.11. The fraction of sp³-hybridized carbons (Fsp3) is 1.00. The van der Waals surface area contributed by atoms with E-state index in [-0.39, 0.29) is 0 Å². The summed E-state index contributed by atoms with van der Waals surface area (Å²) in [6.45, 7) is 6.37. The van der Waals surface area contributed by atoms with Crippen LogP contribution in [0.25, 0.3) is 0 Å². The van der Waals surface area contributed by atoms with Crippen LogP contribution in [-0.4, -0.2) is 36.1 Å². The Morgan fingerprint density at radius 2 is 2.12 bits per heavy atom. The number of rotatable bonds is 3. The second kappa shape index (κ2) is 4.30. The Bertz CT molecular complexity index is 241. The summed E-state index contributed by atoms with van der Waals surface area (Å²) in [4.78, 5) is 2.77. The van der Waals surface area contributed by atoms with Crippen LogP contribution in [0.5, 0.6) is 0 Å². The van der Waals surface area contributed by atoms with Gasteiger partial charge < -0.3 is 5.32 Å². The van der Waals surface area contributed by atoms with Crippen LogP contribution in [0.1, 0.15) is 51.9 Å². The first-order valence-electron chi connectivity index (χ1n) is 7.30. The zero-order chi connectivity index (χ0) is 11.0. The summed E-state index contributed by atoms with van der Waals surface area (Å²) >= 11 is 0. The molecule has 1 unspecified atom stereocenters. The molecule has 2 heterocycles. The van der Waals surface area contributed by atoms with E-state index < -0.39 is 0 Å². The Labute approximate surface area is 99.8 Å². The fourth-order valence-corrected chi connectivity index (χ4v) is 3.92. The van der Waals surface area contributed by atoms with Gasteiger partial charge >= 0.3 is 0 Å². The number of nitrogens with one attached hydrogen (secondary N) is 1. The van der Waals surface area contributed by atoms with Crippen LogP contribution in [0.3, 0.4) is 0 Å². The lowest BCUT2D eigenvalue weighted by Crippen LogP contribution is -2.63. The van der Waals surface area contributed by atoms with Crippen molar-refractivity contribution in [2.45, 2.75) is 63.5 Å². The lowest BCUT2D eigenvalue weighted by atomic mass is 9.69. The second-order valence-electron chi connectivity index (χ2n) is 6.32. The molecule has 0 amide bonds. The van der Waals surface area contributed by atoms with Crippen molar-refractivity contribution in [3.63, 3.8) is 0 Å². The third-order valence-corrected chi connectivity index (χ3v) is 5.11. The summed E-state index contributed by atoms with van der Waals surface area (Å²) in [5.74, 6) is 1.03. The Morgan fingerprint density at radius 3 is 2.75 bits per heavy atom. The van der Waals surface area contributed by atoms with Gasteiger partial charge in [-0.2, -0.15) is 0 Å². The molecule has 1 atom stereocenters. The average Bonchev–Trinajstić information content (AvgIpc) is 2.21. The standard InChI is InChI=1S/C14H26N2/c1-2-4-12-10-16(11-12)13-5-8-15-14(9-13)6-3-7-14/h12-13,15H,2-11H2,1H3. The van der Waals surface area contributed by atoms with E-state index in [2.05, 4.69) is 17.1 Å². The van der Waals surface area contributed by atoms with Gasteiger partial charge in [0.1, 0.15) is 0 Å². The van der Waals surface area contributed by atoms with Crippen LogP contribution in [0.15, 0.2) is 0 Å². The Hall–Kier alpha value is -0.0800. The van der Waals surface area contributed by atoms with E-state index in [1.807, 2.05) is 0 Å². The fourth-order valence-electron chi connectivity index (χ4n) is 3.92. The second-order valence-corrected chi connectivity index (χ2v) is 6.32. The van der Waals surface area contributed by atoms with E-state index in [4.69, 9.17) is 0 Å². The van der Waals surface area contributed by atoms with Crippen LogP contribution in [0.2, 0.25) is 0 Å². The molecule has 0 aromatic rings. The molecule has 1 spiro atoms. The van der Waals surface area contributed by atoms with Crippen molar-refractivity contribution in [2.75, 3.05) is 19.6 Å². The van der Waals surface area contributed by atoms with E-state index in [0.29, 0.717) is 5.54 Å². The molecule has 2 saturated heterocycles. The van der Waals surface area contributed by atoms with Gasteiger partial charge in [-0.05, 0) is 51.0 Å². The molecule has 2 heteroatoms. The van der Waals surface area contributed by atoms with Gasteiger partial charge in [-0.1, -0.05) is 13.3 Å². The highest BCUT2D eigenvalue weighted by atomic mass is 15.2. The summed E-state index contributed by atoms with van der Waals surface area (Å²) < 4.78 is 0. The van der Waals surface area contributed by atoms with Crippen LogP contribution in [0, 0.1) is 5.92 Å². The van der Waals surface area contributed by atoms with Crippen molar-refractivity contribution in [1.29, 1.82) is 0 Å². The molecular weight excluding hydrogens is 196 g/mol. The van der Waals surface area contributed by atoms with Gasteiger partial charge in [0.15, 0.2) is 0 Å². The molecule has 3 fully saturated rings. The summed E-state index contributed by atoms with van der Waals surface area (Å²) in [6.07, 6.45) is 9.98. The first kappa shape index (κ1) is 11.0. The monoisotopic (exact) mass is 222 g/mol. The normalized spacial score (nSPS) is 34.7. The molecule has 0 radical (unpaired) electrons. The van der Waals surface area contributed by atoms with Crippen molar-refractivity contribution < 1.29 is 0 Å². The van der Waals surface area contributed by atoms with Gasteiger partial charge in [-0.15, -0.1) is 0 Å². The van der Waals surface area contributed by atoms with Crippen LogP contribution in [-0.2, 0) is 0 Å². The van der Waals surface area contributed by atoms with Crippen molar-refractivity contribution in [3.8, 4) is 0 Å². The van der Waals surface area contributed by atoms with Crippen molar-refractivity contribution in [3.05, 3.63) is 0 Å². The maximum Gasteiger partial charge on any atom is 0.0196 e. The molecule has 92 valence electrons. The van der Waals surface area contributed by atoms with Gasteiger partial charge in [-0.3, -0.25) is 4.90 Å². The summed E-state index contributed by atoms with van der Waals surface area (Å²) in [6, 6.07) is 0.912. The number of piperidine rings is 1. The molecule has 3 rings (SSSR count). The van der Waals surface area contributed by atoms with Gasteiger partial charge in [0.05, 0.1) is 0 Å². The highest BCUT2D eigenvalue weighted by Gasteiger charge is 2.44. The Morgan fingerprint density at radius 1 is 1.31 bits per heavy atom. The number of hydrogen-bond donors (Lipinski definition) is 1. The highest BCUT2D eigenvalue weighted by Crippen LogP contribution is 2.40. The molecule has 0 aromatic carbocycles. The van der Waals surface area contributed by atoms with Crippen molar-refractivity contribution >= 4 is 0 Å². The summed E-state index contributed by atoms with van der Waals surface area (Å²) in [5.41, 5.74) is 0.582. The predicted octanol–water partition coefficient (Wildman–Crippen LogP) is 2.39. The van der Waals surface area contributed by atoms with E-state index in [1.54, 1.807) is 0 Å². The van der Waals surface area contributed by atoms with E-state index in [0.717, 1.165) is 12.0 Å². The minimum absolute atomic E-state index is 0.582. The molecular formula is C14H26N2. The van der Waals surface area contributed by atoms with Gasteiger partial charge in [0.25, 0.3) is 0 Å². The van der Waals surface area contributed by atoms with E-state index in [1.165, 1.54) is 64.6 Å². The predicted molar refractivity (Wildman–Crippen MR) is 67.6 cm³/mol. The maximum atomic E-state index is 3.77. The zero-order valence-electron chi connectivity index (χ0n) is 10.7. The quantitative estimate of drug-likeness (QED) is 0.789. The average molecular weight is 222 g/mol. The lowest BCUT2D eigenvalue weighted by Gasteiger charge is -2.54. The first-order valence-corrected chi connectivity index (χ1v) is 7.30. The highest BCUT2D eigenvalue weighted by molar-refractivity contribution is 5.03. The van der Waals surface area contributed by atoms with Crippen molar-refractivity contribution in [1.82, 2.24) is 10.2 Å². The molecule has 2 nitrogen and oxygen atoms in total. The molecule has 3 aliphatic rings. The van der Waals surface area contributed by atoms with Crippen LogP contribution in [0.4, 0.5) is 0 Å². The minimum atomic E-state index is 0.582. The molecule has 0 bridgehead atoms. The van der Waals surface area contributed by atoms with Gasteiger partial charge in [-0.25, -0.2) is 0 Å². The maximum absolute atomic E-state index is 3.77. The molecule has 1 N–H and O–H groups in total. The van der Waals surface area contributed by atoms with Gasteiger partial charge in [0, 0.05) is 24.7 Å². The first-order chi connectivity index (χ1) is 7.81. The van der Waals surface area contributed by atoms with E-state index >= 15 is 0 Å². The van der Waals surface area contributed by atoms with Crippen LogP contribution < -0.4 is 5.32 Å². The lowest BCUT2D eigenvalue weighted by molar-refractivity contribution is -0.00454. The third kappa shape index (κ3) is 1.91. The molecule has 1 aliphatic carbocycles. The molecule has 0 aromatic heterocycles. The summed E-state index contributed by atoms with van der Waals surface area (Å²) in [7, 11) is 0. The largest absolute Gasteiger partial charge is 0.311 e. The Kier molecular flexibility index (Phi) is 2.97. The molecule has 2 aliphatic heterocycles. The smallest absolute Gasteiger partial charge is 0.0196 e. The Balaban J connectivity index is 1.49. The SMILES string of the molecule is CCCC1CN(C2CCNC3(CCC3)C2)C1. The molecule has 16 heavy (non-hydrogen) atoms. The number of likely N-dealkylation sites (tertiary alicyclic amines) is 1. The van der Waals surface area contributed by atoms with Crippen LogP contribution >= 0.6 is 0 Å². The van der Waals surface area contributed by atoms with Gasteiger partial charge in [0.2, 0.25) is 0 Å².